The minimum absolute atomic E-state index is 0.375. The van der Waals surface area contributed by atoms with Crippen LogP contribution in [0.25, 0.3) is 11.8 Å². The van der Waals surface area contributed by atoms with E-state index in [1.807, 2.05) is 0 Å². The highest BCUT2D eigenvalue weighted by atomic mass is 32.2. The summed E-state index contributed by atoms with van der Waals surface area (Å²) in [6.07, 6.45) is -2.21. The molecule has 0 amide bonds. The normalized spacial score (nSPS) is 12.9. The zero-order valence-corrected chi connectivity index (χ0v) is 14.5. The van der Waals surface area contributed by atoms with Crippen LogP contribution in [0, 0.1) is 25.2 Å². The second-order valence-electron chi connectivity index (χ2n) is 5.60. The van der Waals surface area contributed by atoms with Gasteiger partial charge >= 0.3 is 6.18 Å². The third kappa shape index (κ3) is 3.94. The Labute approximate surface area is 143 Å². The van der Waals surface area contributed by atoms with E-state index in [1.54, 1.807) is 30.6 Å². The molecule has 2 aromatic rings. The fourth-order valence-electron chi connectivity index (χ4n) is 2.49. The Kier molecular flexibility index (Phi) is 4.82. The lowest BCUT2D eigenvalue weighted by Crippen LogP contribution is -2.06. The van der Waals surface area contributed by atoms with Gasteiger partial charge < -0.3 is 4.57 Å². The van der Waals surface area contributed by atoms with E-state index in [0.29, 0.717) is 22.6 Å². The van der Waals surface area contributed by atoms with Gasteiger partial charge in [-0.3, -0.25) is 0 Å². The number of hydrogen-bond acceptors (Lipinski definition) is 3. The van der Waals surface area contributed by atoms with E-state index in [4.69, 9.17) is 5.26 Å². The first-order valence-electron chi connectivity index (χ1n) is 7.13. The van der Waals surface area contributed by atoms with Gasteiger partial charge in [0.25, 0.3) is 0 Å². The molecule has 2 rings (SSSR count). The molecule has 1 aromatic heterocycles. The Morgan fingerprint density at radius 2 is 1.76 bits per heavy atom. The summed E-state index contributed by atoms with van der Waals surface area (Å²) in [5.74, 6) is 0. The Bertz CT molecular complexity index is 977. The molecule has 0 spiro atoms. The number of alkyl halides is 3. The van der Waals surface area contributed by atoms with Crippen molar-refractivity contribution in [1.82, 2.24) is 4.57 Å². The zero-order chi connectivity index (χ0) is 19.0. The van der Waals surface area contributed by atoms with Gasteiger partial charge in [0, 0.05) is 23.3 Å². The Morgan fingerprint density at radius 1 is 1.20 bits per heavy atom. The van der Waals surface area contributed by atoms with E-state index >= 15 is 0 Å². The van der Waals surface area contributed by atoms with E-state index in [9.17, 15) is 21.6 Å². The maximum absolute atomic E-state index is 12.7. The highest BCUT2D eigenvalue weighted by Gasteiger charge is 2.30. The molecule has 0 unspecified atom stereocenters. The number of nitrogens with zero attached hydrogens (tertiary/aromatic N) is 2. The maximum Gasteiger partial charge on any atom is 0.416 e. The highest BCUT2D eigenvalue weighted by Crippen LogP contribution is 2.30. The SMILES string of the molecule is Cc1cc(/C=C(\C#N)S(C)(=O)=O)c(C)n1-c1ccc(C(F)(F)F)cc1. The van der Waals surface area contributed by atoms with E-state index in [1.165, 1.54) is 18.2 Å². The Balaban J connectivity index is 2.54. The number of hydrogen-bond donors (Lipinski definition) is 0. The predicted molar refractivity (Wildman–Crippen MR) is 88.7 cm³/mol. The fraction of sp³-hybridized carbons (Fsp3) is 0.235. The van der Waals surface area contributed by atoms with E-state index in [2.05, 4.69) is 0 Å². The third-order valence-electron chi connectivity index (χ3n) is 3.72. The summed E-state index contributed by atoms with van der Waals surface area (Å²) >= 11 is 0. The molecule has 8 heteroatoms. The molecule has 1 aromatic carbocycles. The predicted octanol–water partition coefficient (Wildman–Crippen LogP) is 4.02. The van der Waals surface area contributed by atoms with Crippen LogP contribution in [0.1, 0.15) is 22.5 Å². The smallest absolute Gasteiger partial charge is 0.318 e. The molecule has 0 bridgehead atoms. The molecule has 1 heterocycles. The molecule has 4 nitrogen and oxygen atoms in total. The van der Waals surface area contributed by atoms with Gasteiger partial charge in [-0.2, -0.15) is 18.4 Å². The van der Waals surface area contributed by atoms with Crippen molar-refractivity contribution in [3.8, 4) is 11.8 Å². The van der Waals surface area contributed by atoms with Crippen LogP contribution in [0.3, 0.4) is 0 Å². The number of rotatable bonds is 3. The average Bonchev–Trinajstić information content (AvgIpc) is 2.77. The second-order valence-corrected chi connectivity index (χ2v) is 7.58. The summed E-state index contributed by atoms with van der Waals surface area (Å²) in [5.41, 5.74) is 1.60. The van der Waals surface area contributed by atoms with Gasteiger partial charge in [-0.05, 0) is 55.8 Å². The zero-order valence-electron chi connectivity index (χ0n) is 13.7. The van der Waals surface area contributed by atoms with Gasteiger partial charge in [0.15, 0.2) is 9.84 Å². The van der Waals surface area contributed by atoms with Crippen molar-refractivity contribution in [2.45, 2.75) is 20.0 Å². The number of aromatic nitrogens is 1. The number of benzene rings is 1. The maximum atomic E-state index is 12.7. The van der Waals surface area contributed by atoms with Crippen LogP contribution in [-0.2, 0) is 16.0 Å². The topological polar surface area (TPSA) is 62.9 Å². The average molecular weight is 368 g/mol. The van der Waals surface area contributed by atoms with Crippen LogP contribution in [0.5, 0.6) is 0 Å². The van der Waals surface area contributed by atoms with Gasteiger partial charge in [0.05, 0.1) is 5.56 Å². The van der Waals surface area contributed by atoms with Crippen molar-refractivity contribution in [2.24, 2.45) is 0 Å². The van der Waals surface area contributed by atoms with Gasteiger partial charge in [0.2, 0.25) is 0 Å². The summed E-state index contributed by atoms with van der Waals surface area (Å²) < 4.78 is 62.9. The second kappa shape index (κ2) is 6.41. The largest absolute Gasteiger partial charge is 0.416 e. The molecule has 0 fully saturated rings. The minimum atomic E-state index is -4.41. The number of nitriles is 1. The van der Waals surface area contributed by atoms with Crippen molar-refractivity contribution >= 4 is 15.9 Å². The summed E-state index contributed by atoms with van der Waals surface area (Å²) in [7, 11) is -3.65. The minimum Gasteiger partial charge on any atom is -0.318 e. The molecule has 0 atom stereocenters. The van der Waals surface area contributed by atoms with Crippen LogP contribution in [0.4, 0.5) is 13.2 Å². The van der Waals surface area contributed by atoms with Gasteiger partial charge in [-0.25, -0.2) is 8.42 Å². The molecule has 0 aliphatic heterocycles. The van der Waals surface area contributed by atoms with Gasteiger partial charge in [-0.1, -0.05) is 0 Å². The summed E-state index contributed by atoms with van der Waals surface area (Å²) in [6.45, 7) is 3.45. The lowest BCUT2D eigenvalue weighted by molar-refractivity contribution is -0.137. The number of halogens is 3. The summed E-state index contributed by atoms with van der Waals surface area (Å²) in [4.78, 5) is -0.375. The summed E-state index contributed by atoms with van der Waals surface area (Å²) in [5, 5.41) is 9.00. The van der Waals surface area contributed by atoms with Gasteiger partial charge in [-0.15, -0.1) is 0 Å². The van der Waals surface area contributed by atoms with Crippen molar-refractivity contribution in [3.05, 3.63) is 57.8 Å². The standard InChI is InChI=1S/C17H15F3N2O2S/c1-11-8-13(9-16(10-21)25(3,23)24)12(2)22(11)15-6-4-14(5-7-15)17(18,19)20/h4-9H,1-3H3/b16-9+. The fourth-order valence-corrected chi connectivity index (χ4v) is 3.00. The Hall–Kier alpha value is -2.53. The van der Waals surface area contributed by atoms with Crippen molar-refractivity contribution in [3.63, 3.8) is 0 Å². The molecule has 132 valence electrons. The number of sulfone groups is 1. The lowest BCUT2D eigenvalue weighted by Gasteiger charge is -2.12. The number of allylic oxidation sites excluding steroid dienone is 1. The van der Waals surface area contributed by atoms with Crippen molar-refractivity contribution in [2.75, 3.05) is 6.26 Å². The van der Waals surface area contributed by atoms with Crippen LogP contribution >= 0.6 is 0 Å². The third-order valence-corrected chi connectivity index (χ3v) is 4.73. The molecular formula is C17H15F3N2O2S. The molecule has 0 saturated heterocycles. The van der Waals surface area contributed by atoms with Crippen LogP contribution in [0.2, 0.25) is 0 Å². The van der Waals surface area contributed by atoms with E-state index in [0.717, 1.165) is 18.4 Å². The monoisotopic (exact) mass is 368 g/mol. The Morgan fingerprint density at radius 3 is 2.20 bits per heavy atom. The highest BCUT2D eigenvalue weighted by molar-refractivity contribution is 7.95. The quantitative estimate of drug-likeness (QED) is 0.769. The van der Waals surface area contributed by atoms with E-state index in [-0.39, 0.29) is 4.91 Å². The molecule has 0 aliphatic rings. The first-order chi connectivity index (χ1) is 11.4. The van der Waals surface area contributed by atoms with Crippen molar-refractivity contribution in [1.29, 1.82) is 5.26 Å². The first-order valence-corrected chi connectivity index (χ1v) is 9.02. The number of aryl methyl sites for hydroxylation is 1. The van der Waals surface area contributed by atoms with E-state index < -0.39 is 21.6 Å². The van der Waals surface area contributed by atoms with Crippen LogP contribution < -0.4 is 0 Å². The van der Waals surface area contributed by atoms with Gasteiger partial charge in [0.1, 0.15) is 11.0 Å². The molecule has 0 N–H and O–H groups in total. The lowest BCUT2D eigenvalue weighted by atomic mass is 10.2. The van der Waals surface area contributed by atoms with Crippen LogP contribution in [0.15, 0.2) is 35.2 Å². The molecule has 25 heavy (non-hydrogen) atoms. The molecular weight excluding hydrogens is 353 g/mol. The first kappa shape index (κ1) is 18.8. The van der Waals surface area contributed by atoms with Crippen LogP contribution in [-0.4, -0.2) is 19.2 Å². The summed E-state index contributed by atoms with van der Waals surface area (Å²) in [6, 6.07) is 7.99. The molecule has 0 radical (unpaired) electrons. The molecule has 0 saturated carbocycles. The van der Waals surface area contributed by atoms with Crippen molar-refractivity contribution < 1.29 is 21.6 Å². The molecule has 0 aliphatic carbocycles.